The number of alkyl halides is 9. The molecule has 0 bridgehead atoms. The number of carboxylic acids is 1. The molecule has 6 amide bonds. The van der Waals surface area contributed by atoms with Crippen LogP contribution < -0.4 is 16.4 Å². The number of piperidine rings is 2. The number of benzene rings is 7. The lowest BCUT2D eigenvalue weighted by molar-refractivity contribution is -0.173. The first kappa shape index (κ1) is 61.4. The zero-order valence-electron chi connectivity index (χ0n) is 73.3. The average molecular weight is 1830 g/mol. The first-order chi connectivity index (χ1) is 57.6. The van der Waals surface area contributed by atoms with E-state index in [1.807, 2.05) is 28.1 Å². The summed E-state index contributed by atoms with van der Waals surface area (Å²) in [5.74, 6) is -22.9. The summed E-state index contributed by atoms with van der Waals surface area (Å²) < 4.78 is 264. The molecule has 11 rings (SSSR count). The number of esters is 2. The number of carboxylic acid groups (broad SMARTS) is 1. The molecular formula is C71H61Br2Cl5F8IN5O13. The maximum absolute atomic E-state index is 14.9. The van der Waals surface area contributed by atoms with E-state index in [2.05, 4.69) is 36.0 Å². The van der Waals surface area contributed by atoms with Gasteiger partial charge in [0.05, 0.1) is 40.6 Å². The van der Waals surface area contributed by atoms with Crippen LogP contribution in [0.5, 0.6) is 0 Å². The Balaban J connectivity index is 0.000000272. The molecule has 7 aromatic carbocycles. The molecule has 105 heavy (non-hydrogen) atoms. The summed E-state index contributed by atoms with van der Waals surface area (Å²) in [7, 11) is 0. The summed E-state index contributed by atoms with van der Waals surface area (Å²) in [5, 5.41) is 10.7. The van der Waals surface area contributed by atoms with Crippen molar-refractivity contribution in [3.8, 4) is 0 Å². The highest BCUT2D eigenvalue weighted by Crippen LogP contribution is 2.35. The number of amides is 6. The van der Waals surface area contributed by atoms with Gasteiger partial charge in [-0.05, 0) is 175 Å². The summed E-state index contributed by atoms with van der Waals surface area (Å²) in [6.07, 6.45) is 0.151. The Kier molecular flexibility index (Phi) is 23.6. The molecule has 0 saturated carbocycles. The SMILES string of the molecule is CCOC(=O)C(F)(F)Br.NCc1ccc2c(c1)CN(C1CCC(=O)NC1=O)C2=O.[2H]c1c([2H])c(Br)c([2H])c([2H])c1Cl.[2H]c1c([2H])c(C(F)(F)C(=O)CCc2ccc3c(c2)CN(C2CCC(=O)NC2=O)C3=O)c([2H])c([2H])c1Cl.[2H]c1c([2H])c(C(F)(F)C(=O)O)c([2H])c([2H])c1Cl.[2H]c1c([2H])c(C(F)(F)C(=O)OCC)c([2H])c([2H])c1Cl.[2H]c1c([2H])c(I)c([2H])c([2H])c1Cl. The zero-order chi connectivity index (χ0) is 95.7. The van der Waals surface area contributed by atoms with Crippen LogP contribution in [0, 0.1) is 3.57 Å². The minimum Gasteiger partial charge on any atom is -0.477 e. The molecule has 2 saturated heterocycles. The van der Waals surface area contributed by atoms with Crippen LogP contribution in [0.2, 0.25) is 25.1 Å². The second-order valence-corrected chi connectivity index (χ2v) is 25.5. The van der Waals surface area contributed by atoms with E-state index in [1.54, 1.807) is 34.7 Å². The van der Waals surface area contributed by atoms with Crippen LogP contribution >= 0.6 is 112 Å². The molecular weight excluding hydrogens is 1750 g/mol. The standard InChI is InChI=1S/C23H19ClF2N2O4.C14H15N3O3.C10H9ClF2O2.C8H5ClF2O2.C6H4BrCl.C6H4ClI.C4H5BrF2O2/c24-16-5-3-15(4-6-16)23(25,26)19(29)9-2-13-1-7-17-14(11-13)12-28(22(17)32)18-8-10-20(30)27-21(18)31;15-6-8-1-2-10-9(5-8)7-17(14(10)20)11-3-4-12(18)16-13(11)19;1-2-15-9(14)10(12,13)7-3-5-8(11)6-4-7;9-6-3-1-5(2-4-6)8(10,11)7(12)13;2*7-5-1-3-6(8)4-2-5;1-2-9-3(8)4(5,6)7/h1,3-7,11,18H,2,8-10,12H2,(H,27,30,31);1-2,5,11H,3-4,6-7,15H2,(H,16,18,19);3-6H,2H2,1H3;1-4H,(H,12,13);2*1-4H;2H2,1H3/i3D,4D,5D,6D;;3D,4D,5D,6D;3*1D,2D,3D,4D;. The monoisotopic (exact) mass is 1820 g/mol. The summed E-state index contributed by atoms with van der Waals surface area (Å²) in [5.41, 5.74) is 5.27. The third kappa shape index (κ3) is 26.1. The van der Waals surface area contributed by atoms with Crippen molar-refractivity contribution in [3.05, 3.63) is 240 Å². The lowest BCUT2D eigenvalue weighted by atomic mass is 9.97. The van der Waals surface area contributed by atoms with Gasteiger partial charge in [-0.1, -0.05) is 134 Å². The van der Waals surface area contributed by atoms with Gasteiger partial charge in [-0.2, -0.15) is 35.1 Å². The summed E-state index contributed by atoms with van der Waals surface area (Å²) in [6, 6.07) is -4.35. The van der Waals surface area contributed by atoms with Crippen molar-refractivity contribution in [3.63, 3.8) is 0 Å². The van der Waals surface area contributed by atoms with E-state index >= 15 is 0 Å². The van der Waals surface area contributed by atoms with Crippen molar-refractivity contribution >= 4 is 172 Å². The van der Waals surface area contributed by atoms with Gasteiger partial charge in [0.15, 0.2) is 0 Å². The molecule has 4 aliphatic rings. The maximum atomic E-state index is 14.9. The molecule has 560 valence electrons. The zero-order valence-corrected chi connectivity index (χ0v) is 62.4. The van der Waals surface area contributed by atoms with E-state index in [9.17, 15) is 83.1 Å². The van der Waals surface area contributed by atoms with Crippen LogP contribution in [0.4, 0.5) is 35.1 Å². The number of nitrogens with two attached hydrogens (primary N) is 1. The molecule has 18 nitrogen and oxygen atoms in total. The Morgan fingerprint density at radius 3 is 1.28 bits per heavy atom. The predicted octanol–water partition coefficient (Wildman–Crippen LogP) is 16.4. The molecule has 4 aliphatic heterocycles. The number of ether oxygens (including phenoxy) is 2. The van der Waals surface area contributed by atoms with Crippen molar-refractivity contribution in [1.29, 1.82) is 0 Å². The van der Waals surface area contributed by atoms with E-state index in [0.29, 0.717) is 45.3 Å². The van der Waals surface area contributed by atoms with Gasteiger partial charge in [-0.3, -0.25) is 44.2 Å². The molecule has 0 aromatic heterocycles. The van der Waals surface area contributed by atoms with Gasteiger partial charge in [0.1, 0.15) is 12.1 Å². The smallest absolute Gasteiger partial charge is 0.395 e. The number of imide groups is 2. The molecule has 2 unspecified atom stereocenters. The van der Waals surface area contributed by atoms with Gasteiger partial charge in [0.25, 0.3) is 11.8 Å². The van der Waals surface area contributed by atoms with Crippen LogP contribution in [-0.2, 0) is 91.7 Å². The third-order valence-electron chi connectivity index (χ3n) is 13.6. The van der Waals surface area contributed by atoms with Gasteiger partial charge in [0, 0.05) is 116 Å². The molecule has 0 spiro atoms. The minimum atomic E-state index is -4.51. The van der Waals surface area contributed by atoms with Crippen molar-refractivity contribution in [2.24, 2.45) is 5.73 Å². The van der Waals surface area contributed by atoms with E-state index < -0.39 is 181 Å². The molecule has 5 N–H and O–H groups in total. The first-order valence-corrected chi connectivity index (χ1v) is 33.8. The number of fused-ring (bicyclic) bond motifs is 2. The topological polar surface area (TPSA) is 266 Å². The largest absolute Gasteiger partial charge is 0.477 e. The van der Waals surface area contributed by atoms with Crippen LogP contribution in [0.15, 0.2) is 162 Å². The Morgan fingerprint density at radius 2 is 0.914 bits per heavy atom. The van der Waals surface area contributed by atoms with E-state index in [4.69, 9.17) is 96.3 Å². The Morgan fingerprint density at radius 1 is 0.562 bits per heavy atom. The summed E-state index contributed by atoms with van der Waals surface area (Å²) >= 11 is 34.1. The fourth-order valence-corrected chi connectivity index (χ4v) is 9.72. The number of halogens is 16. The van der Waals surface area contributed by atoms with Crippen LogP contribution in [-0.4, -0.2) is 104 Å². The molecule has 7 aromatic rings. The van der Waals surface area contributed by atoms with Crippen LogP contribution in [0.1, 0.15) is 133 Å². The van der Waals surface area contributed by atoms with Gasteiger partial charge in [0.2, 0.25) is 29.4 Å². The molecule has 0 radical (unpaired) electrons. The van der Waals surface area contributed by atoms with Gasteiger partial charge in [-0.25, -0.2) is 14.4 Å². The van der Waals surface area contributed by atoms with Crippen molar-refractivity contribution in [1.82, 2.24) is 20.4 Å². The number of nitrogens with zero attached hydrogens (tertiary/aromatic N) is 2. The average Bonchev–Trinajstić information content (AvgIpc) is 1.77. The number of carbonyl (C=O) groups excluding carboxylic acids is 9. The number of hydrogen-bond donors (Lipinski definition) is 4. The van der Waals surface area contributed by atoms with E-state index in [0.717, 1.165) is 11.1 Å². The fourth-order valence-electron chi connectivity index (χ4n) is 8.66. The van der Waals surface area contributed by atoms with Crippen molar-refractivity contribution < 1.29 is 125 Å². The Labute approximate surface area is 679 Å². The first-order valence-electron chi connectivity index (χ1n) is 39.3. The van der Waals surface area contributed by atoms with Crippen LogP contribution in [0.25, 0.3) is 0 Å². The second-order valence-electron chi connectivity index (χ2n) is 20.7. The number of nitrogens with one attached hydrogen (secondary N) is 2. The summed E-state index contributed by atoms with van der Waals surface area (Å²) in [6.45, 7) is 3.34. The number of rotatable bonds is 15. The fraction of sp³-hybridized carbons (Fsp3) is 0.268. The lowest BCUT2D eigenvalue weighted by Gasteiger charge is -2.29. The molecule has 4 heterocycles. The molecule has 2 fully saturated rings. The molecule has 2 atom stereocenters. The quantitative estimate of drug-likeness (QED) is 0.0245. The highest BCUT2D eigenvalue weighted by atomic mass is 127. The molecule has 34 heteroatoms. The van der Waals surface area contributed by atoms with Crippen LogP contribution in [0.3, 0.4) is 0 Å². The van der Waals surface area contributed by atoms with Crippen molar-refractivity contribution in [2.45, 2.75) is 107 Å². The lowest BCUT2D eigenvalue weighted by Crippen LogP contribution is -2.52. The normalized spacial score (nSPS) is 17.9. The Hall–Kier alpha value is -7.62. The van der Waals surface area contributed by atoms with Gasteiger partial charge >= 0.3 is 40.5 Å². The maximum Gasteiger partial charge on any atom is 0.395 e. The third-order valence-corrected chi connectivity index (χ3v) is 15.8. The number of carbonyl (C=O) groups is 10. The Bertz CT molecular complexity index is 5180. The van der Waals surface area contributed by atoms with Gasteiger partial charge < -0.3 is 30.1 Å². The molecule has 0 aliphatic carbocycles. The van der Waals surface area contributed by atoms with E-state index in [1.165, 1.54) is 35.8 Å². The minimum absolute atomic E-state index is 0.0416. The number of aryl methyl sites for hydroxylation is 1. The number of ketones is 1. The van der Waals surface area contributed by atoms with Crippen molar-refractivity contribution in [2.75, 3.05) is 13.2 Å². The number of Topliss-reactive ketones (excluding diaryl/α,β-unsaturated/α-hetero) is 1. The number of hydrogen-bond acceptors (Lipinski definition) is 13. The van der Waals surface area contributed by atoms with Gasteiger partial charge in [-0.15, -0.1) is 0 Å². The predicted molar refractivity (Wildman–Crippen MR) is 390 cm³/mol. The number of aliphatic carboxylic acids is 1. The highest BCUT2D eigenvalue weighted by Gasteiger charge is 2.45. The summed E-state index contributed by atoms with van der Waals surface area (Å²) in [4.78, 5) is 115. The van der Waals surface area contributed by atoms with E-state index in [-0.39, 0.29) is 132 Å². The second kappa shape index (κ2) is 40.4. The highest BCUT2D eigenvalue weighted by molar-refractivity contribution is 14.1.